The van der Waals surface area contributed by atoms with Gasteiger partial charge in [-0.1, -0.05) is 32.0 Å². The summed E-state index contributed by atoms with van der Waals surface area (Å²) in [6.45, 7) is 4.01. The zero-order valence-corrected chi connectivity index (χ0v) is 10.9. The molecule has 1 aromatic rings. The van der Waals surface area contributed by atoms with Crippen LogP contribution in [0.1, 0.15) is 13.8 Å². The van der Waals surface area contributed by atoms with Gasteiger partial charge in [0.1, 0.15) is 0 Å². The van der Waals surface area contributed by atoms with E-state index in [9.17, 15) is 5.11 Å². The number of ether oxygens (including phenoxy) is 1. The van der Waals surface area contributed by atoms with Crippen LogP contribution in [-0.2, 0) is 4.74 Å². The Morgan fingerprint density at radius 2 is 1.88 bits per heavy atom. The molecule has 2 nitrogen and oxygen atoms in total. The lowest BCUT2D eigenvalue weighted by Crippen LogP contribution is -2.34. The molecule has 0 bridgehead atoms. The number of benzene rings is 1. The second-order valence-corrected chi connectivity index (χ2v) is 5.23. The Morgan fingerprint density at radius 3 is 2.38 bits per heavy atom. The van der Waals surface area contributed by atoms with Crippen molar-refractivity contribution in [3.63, 3.8) is 0 Å². The summed E-state index contributed by atoms with van der Waals surface area (Å²) in [6, 6.07) is 10.2. The highest BCUT2D eigenvalue weighted by Gasteiger charge is 2.21. The third-order valence-electron chi connectivity index (χ3n) is 2.52. The van der Waals surface area contributed by atoms with Crippen molar-refractivity contribution in [3.05, 3.63) is 30.3 Å². The minimum Gasteiger partial charge on any atom is -0.390 e. The minimum absolute atomic E-state index is 0.106. The third kappa shape index (κ3) is 4.16. The zero-order chi connectivity index (χ0) is 12.0. The molecule has 2 atom stereocenters. The van der Waals surface area contributed by atoms with Crippen molar-refractivity contribution in [1.29, 1.82) is 0 Å². The molecule has 0 aromatic heterocycles. The lowest BCUT2D eigenvalue weighted by Gasteiger charge is -2.24. The van der Waals surface area contributed by atoms with Crippen molar-refractivity contribution in [2.75, 3.05) is 12.9 Å². The van der Waals surface area contributed by atoms with Crippen molar-refractivity contribution in [2.45, 2.75) is 31.0 Å². The SMILES string of the molecule is CO[C@@H](CSc1ccccc1)[C@H](O)C(C)C. The average Bonchev–Trinajstić information content (AvgIpc) is 2.30. The molecule has 90 valence electrons. The van der Waals surface area contributed by atoms with Crippen LogP contribution in [0.25, 0.3) is 0 Å². The molecule has 0 amide bonds. The molecule has 1 aromatic carbocycles. The van der Waals surface area contributed by atoms with Crippen LogP contribution in [0.2, 0.25) is 0 Å². The van der Waals surface area contributed by atoms with Gasteiger partial charge in [-0.05, 0) is 18.1 Å². The van der Waals surface area contributed by atoms with Gasteiger partial charge in [-0.2, -0.15) is 0 Å². The predicted octanol–water partition coefficient (Wildman–Crippen LogP) is 2.81. The lowest BCUT2D eigenvalue weighted by atomic mass is 10.0. The Labute approximate surface area is 102 Å². The van der Waals surface area contributed by atoms with Gasteiger partial charge in [-0.3, -0.25) is 0 Å². The molecule has 0 spiro atoms. The fourth-order valence-electron chi connectivity index (χ4n) is 1.43. The topological polar surface area (TPSA) is 29.5 Å². The molecule has 0 aliphatic heterocycles. The van der Waals surface area contributed by atoms with Crippen molar-refractivity contribution in [1.82, 2.24) is 0 Å². The number of hydrogen-bond donors (Lipinski definition) is 1. The molecule has 1 rings (SSSR count). The van der Waals surface area contributed by atoms with E-state index in [4.69, 9.17) is 4.74 Å². The molecule has 0 unspecified atom stereocenters. The summed E-state index contributed by atoms with van der Waals surface area (Å²) < 4.78 is 5.32. The van der Waals surface area contributed by atoms with Gasteiger partial charge < -0.3 is 9.84 Å². The summed E-state index contributed by atoms with van der Waals surface area (Å²) in [5, 5.41) is 9.93. The summed E-state index contributed by atoms with van der Waals surface area (Å²) in [5.41, 5.74) is 0. The molecular formula is C13H20O2S. The number of hydrogen-bond acceptors (Lipinski definition) is 3. The molecule has 0 heterocycles. The maximum absolute atomic E-state index is 9.93. The molecule has 3 heteroatoms. The second kappa shape index (κ2) is 6.94. The first-order valence-electron chi connectivity index (χ1n) is 5.54. The monoisotopic (exact) mass is 240 g/mol. The Morgan fingerprint density at radius 1 is 1.25 bits per heavy atom. The second-order valence-electron chi connectivity index (χ2n) is 4.13. The Hall–Kier alpha value is -0.510. The average molecular weight is 240 g/mol. The number of aliphatic hydroxyl groups excluding tert-OH is 1. The van der Waals surface area contributed by atoms with E-state index >= 15 is 0 Å². The Balaban J connectivity index is 2.46. The van der Waals surface area contributed by atoms with E-state index in [1.54, 1.807) is 18.9 Å². The maximum Gasteiger partial charge on any atom is 0.0926 e. The fourth-order valence-corrected chi connectivity index (χ4v) is 2.47. The molecule has 16 heavy (non-hydrogen) atoms. The molecule has 0 radical (unpaired) electrons. The summed E-state index contributed by atoms with van der Waals surface area (Å²) in [5.74, 6) is 1.00. The molecular weight excluding hydrogens is 220 g/mol. The number of methoxy groups -OCH3 is 1. The summed E-state index contributed by atoms with van der Waals surface area (Å²) in [6.07, 6.45) is -0.508. The van der Waals surface area contributed by atoms with Crippen LogP contribution in [0.4, 0.5) is 0 Å². The van der Waals surface area contributed by atoms with Crippen LogP contribution < -0.4 is 0 Å². The van der Waals surface area contributed by atoms with E-state index in [2.05, 4.69) is 12.1 Å². The van der Waals surface area contributed by atoms with Crippen molar-refractivity contribution >= 4 is 11.8 Å². The minimum atomic E-state index is -0.402. The first-order chi connectivity index (χ1) is 7.65. The Bertz CT molecular complexity index is 287. The van der Waals surface area contributed by atoms with Crippen LogP contribution in [0.3, 0.4) is 0 Å². The van der Waals surface area contributed by atoms with Gasteiger partial charge in [0.2, 0.25) is 0 Å². The highest BCUT2D eigenvalue weighted by atomic mass is 32.2. The third-order valence-corrected chi connectivity index (χ3v) is 3.62. The van der Waals surface area contributed by atoms with E-state index in [1.807, 2.05) is 32.0 Å². The van der Waals surface area contributed by atoms with Gasteiger partial charge in [-0.15, -0.1) is 11.8 Å². The molecule has 0 saturated heterocycles. The van der Waals surface area contributed by atoms with Gasteiger partial charge in [0.25, 0.3) is 0 Å². The first-order valence-corrected chi connectivity index (χ1v) is 6.52. The van der Waals surface area contributed by atoms with Gasteiger partial charge >= 0.3 is 0 Å². The normalized spacial score (nSPS) is 15.1. The van der Waals surface area contributed by atoms with Crippen molar-refractivity contribution in [2.24, 2.45) is 5.92 Å². The van der Waals surface area contributed by atoms with Gasteiger partial charge in [-0.25, -0.2) is 0 Å². The van der Waals surface area contributed by atoms with Crippen LogP contribution in [0.15, 0.2) is 35.2 Å². The number of rotatable bonds is 6. The van der Waals surface area contributed by atoms with E-state index in [0.29, 0.717) is 0 Å². The fraction of sp³-hybridized carbons (Fsp3) is 0.538. The highest BCUT2D eigenvalue weighted by molar-refractivity contribution is 7.99. The van der Waals surface area contributed by atoms with E-state index < -0.39 is 6.10 Å². The van der Waals surface area contributed by atoms with E-state index in [1.165, 1.54) is 4.90 Å². The number of aliphatic hydroxyl groups is 1. The molecule has 0 aliphatic rings. The Kier molecular flexibility index (Phi) is 5.88. The predicted molar refractivity (Wildman–Crippen MR) is 68.8 cm³/mol. The quantitative estimate of drug-likeness (QED) is 0.775. The molecule has 0 fully saturated rings. The maximum atomic E-state index is 9.93. The molecule has 0 aliphatic carbocycles. The van der Waals surface area contributed by atoms with Crippen molar-refractivity contribution in [3.8, 4) is 0 Å². The number of thioether (sulfide) groups is 1. The van der Waals surface area contributed by atoms with Gasteiger partial charge in [0, 0.05) is 17.8 Å². The standard InChI is InChI=1S/C13H20O2S/c1-10(2)13(14)12(15-3)9-16-11-7-5-4-6-8-11/h4-8,10,12-14H,9H2,1-3H3/t12-,13+/m0/s1. The van der Waals surface area contributed by atoms with Crippen LogP contribution in [-0.4, -0.2) is 30.2 Å². The van der Waals surface area contributed by atoms with Gasteiger partial charge in [0.15, 0.2) is 0 Å². The molecule has 1 N–H and O–H groups in total. The summed E-state index contributed by atoms with van der Waals surface area (Å²) in [7, 11) is 1.65. The smallest absolute Gasteiger partial charge is 0.0926 e. The zero-order valence-electron chi connectivity index (χ0n) is 10.1. The molecule has 0 saturated carbocycles. The van der Waals surface area contributed by atoms with E-state index in [0.717, 1.165) is 5.75 Å². The largest absolute Gasteiger partial charge is 0.390 e. The summed E-state index contributed by atoms with van der Waals surface area (Å²) >= 11 is 1.71. The van der Waals surface area contributed by atoms with Gasteiger partial charge in [0.05, 0.1) is 12.2 Å². The van der Waals surface area contributed by atoms with Crippen molar-refractivity contribution < 1.29 is 9.84 Å². The van der Waals surface area contributed by atoms with Crippen LogP contribution in [0.5, 0.6) is 0 Å². The first kappa shape index (κ1) is 13.6. The highest BCUT2D eigenvalue weighted by Crippen LogP contribution is 2.21. The van der Waals surface area contributed by atoms with Crippen LogP contribution >= 0.6 is 11.8 Å². The van der Waals surface area contributed by atoms with E-state index in [-0.39, 0.29) is 12.0 Å². The summed E-state index contributed by atoms with van der Waals surface area (Å²) in [4.78, 5) is 1.21. The van der Waals surface area contributed by atoms with Crippen LogP contribution in [0, 0.1) is 5.92 Å². The lowest BCUT2D eigenvalue weighted by molar-refractivity contribution is -0.0208.